The number of carbonyl (C=O) groups excluding carboxylic acids is 1. The third kappa shape index (κ3) is 5.85. The lowest BCUT2D eigenvalue weighted by Crippen LogP contribution is -2.04. The fraction of sp³-hybridized carbons (Fsp3) is 0.111. The van der Waals surface area contributed by atoms with Crippen LogP contribution in [-0.2, 0) is 4.79 Å². The molecule has 3 aromatic carbocycles. The van der Waals surface area contributed by atoms with Crippen molar-refractivity contribution in [3.63, 3.8) is 0 Å². The van der Waals surface area contributed by atoms with E-state index < -0.39 is 5.97 Å². The van der Waals surface area contributed by atoms with Crippen LogP contribution in [0.25, 0.3) is 28.0 Å². The number of furan rings is 1. The van der Waals surface area contributed by atoms with E-state index in [1.807, 2.05) is 84.3 Å². The van der Waals surface area contributed by atoms with Crippen molar-refractivity contribution in [1.29, 1.82) is 0 Å². The largest absolute Gasteiger partial charge is 0.481 e. The summed E-state index contributed by atoms with van der Waals surface area (Å²) >= 11 is 1.35. The molecule has 0 aliphatic carbocycles. The summed E-state index contributed by atoms with van der Waals surface area (Å²) in [6.45, 7) is 3.13. The van der Waals surface area contributed by atoms with Gasteiger partial charge in [0.25, 0.3) is 5.97 Å². The van der Waals surface area contributed by atoms with Crippen molar-refractivity contribution in [3.8, 4) is 17.1 Å². The molecule has 176 valence electrons. The molecule has 2 heterocycles. The van der Waals surface area contributed by atoms with Crippen LogP contribution in [0.2, 0.25) is 0 Å². The molecule has 0 saturated carbocycles. The zero-order chi connectivity index (χ0) is 24.8. The molecule has 0 spiro atoms. The van der Waals surface area contributed by atoms with Gasteiger partial charge in [0.15, 0.2) is 16.7 Å². The van der Waals surface area contributed by atoms with Gasteiger partial charge in [-0.25, -0.2) is 0 Å². The predicted octanol–water partition coefficient (Wildman–Crippen LogP) is 6.05. The summed E-state index contributed by atoms with van der Waals surface area (Å²) in [6, 6.07) is 27.5. The van der Waals surface area contributed by atoms with Crippen molar-refractivity contribution >= 4 is 34.5 Å². The minimum absolute atomic E-state index is 0.0825. The molecule has 0 aliphatic rings. The number of aryl methyl sites for hydroxylation is 1. The number of para-hydroxylation sites is 2. The van der Waals surface area contributed by atoms with E-state index in [1.54, 1.807) is 6.07 Å². The minimum Gasteiger partial charge on any atom is -0.481 e. The highest BCUT2D eigenvalue weighted by Crippen LogP contribution is 2.29. The number of thioether (sulfide) groups is 1. The summed E-state index contributed by atoms with van der Waals surface area (Å²) in [5.41, 5.74) is 3.79. The van der Waals surface area contributed by atoms with E-state index in [1.165, 1.54) is 11.8 Å². The lowest BCUT2D eigenvalue weighted by atomic mass is 10.1. The zero-order valence-electron chi connectivity index (χ0n) is 19.2. The molecule has 35 heavy (non-hydrogen) atoms. The van der Waals surface area contributed by atoms with Gasteiger partial charge in [-0.2, -0.15) is 0 Å². The van der Waals surface area contributed by atoms with Crippen LogP contribution >= 0.6 is 11.8 Å². The van der Waals surface area contributed by atoms with E-state index in [4.69, 9.17) is 14.3 Å². The third-order valence-corrected chi connectivity index (χ3v) is 5.89. The molecule has 0 aliphatic heterocycles. The molecule has 1 N–H and O–H groups in total. The fourth-order valence-corrected chi connectivity index (χ4v) is 4.29. The number of ketones is 1. The Hall–Kier alpha value is -4.17. The summed E-state index contributed by atoms with van der Waals surface area (Å²) in [6.07, 6.45) is 0. The van der Waals surface area contributed by atoms with Crippen LogP contribution < -0.4 is 0 Å². The number of benzene rings is 3. The molecule has 0 bridgehead atoms. The van der Waals surface area contributed by atoms with Gasteiger partial charge in [-0.15, -0.1) is 10.2 Å². The van der Waals surface area contributed by atoms with Crippen LogP contribution in [0.4, 0.5) is 0 Å². The average molecular weight is 486 g/mol. The van der Waals surface area contributed by atoms with Gasteiger partial charge in [0.1, 0.15) is 5.58 Å². The zero-order valence-corrected chi connectivity index (χ0v) is 20.0. The molecule has 0 atom stereocenters. The maximum Gasteiger partial charge on any atom is 0.300 e. The van der Waals surface area contributed by atoms with Gasteiger partial charge in [0, 0.05) is 23.6 Å². The minimum atomic E-state index is -0.833. The number of aliphatic carboxylic acids is 1. The molecule has 8 heteroatoms. The van der Waals surface area contributed by atoms with Crippen molar-refractivity contribution in [1.82, 2.24) is 14.8 Å². The molecule has 0 saturated heterocycles. The standard InChI is InChI=1S/C25H19N3O2S.C2H4O2/c1-17-8-7-10-19(14-17)24-26-27-25(28(24)20-11-3-2-4-12-20)31-16-21(29)23-15-18-9-5-6-13-22(18)30-23;1-2(3)4/h2-15H,16H2,1H3;1H3,(H,3,4). The maximum atomic E-state index is 12.8. The van der Waals surface area contributed by atoms with E-state index in [-0.39, 0.29) is 11.5 Å². The number of rotatable bonds is 6. The van der Waals surface area contributed by atoms with Crippen LogP contribution in [0.5, 0.6) is 0 Å². The Morgan fingerprint density at radius 1 is 0.943 bits per heavy atom. The number of fused-ring (bicyclic) bond motifs is 1. The first kappa shape index (κ1) is 24.0. The Morgan fingerprint density at radius 3 is 2.37 bits per heavy atom. The number of carbonyl (C=O) groups is 2. The number of carboxylic acids is 1. The lowest BCUT2D eigenvalue weighted by molar-refractivity contribution is -0.134. The van der Waals surface area contributed by atoms with Gasteiger partial charge in [-0.3, -0.25) is 14.2 Å². The molecular formula is C27H23N3O4S. The second kappa shape index (κ2) is 10.8. The van der Waals surface area contributed by atoms with Crippen molar-refractivity contribution in [2.24, 2.45) is 0 Å². The molecule has 7 nitrogen and oxygen atoms in total. The van der Waals surface area contributed by atoms with Gasteiger partial charge >= 0.3 is 0 Å². The molecule has 0 fully saturated rings. The lowest BCUT2D eigenvalue weighted by Gasteiger charge is -2.10. The second-order valence-electron chi connectivity index (χ2n) is 7.73. The summed E-state index contributed by atoms with van der Waals surface area (Å²) in [7, 11) is 0. The number of nitrogens with zero attached hydrogens (tertiary/aromatic N) is 3. The molecule has 0 radical (unpaired) electrons. The Bertz CT molecular complexity index is 1440. The predicted molar refractivity (Wildman–Crippen MR) is 136 cm³/mol. The van der Waals surface area contributed by atoms with E-state index in [0.717, 1.165) is 34.9 Å². The summed E-state index contributed by atoms with van der Waals surface area (Å²) in [5.74, 6) is 0.395. The van der Waals surface area contributed by atoms with Crippen LogP contribution in [0.1, 0.15) is 23.0 Å². The number of carboxylic acid groups (broad SMARTS) is 1. The summed E-state index contributed by atoms with van der Waals surface area (Å²) in [5, 5.41) is 17.8. The molecule has 5 rings (SSSR count). The summed E-state index contributed by atoms with van der Waals surface area (Å²) in [4.78, 5) is 21.8. The first-order valence-electron chi connectivity index (χ1n) is 10.8. The fourth-order valence-electron chi connectivity index (χ4n) is 3.46. The second-order valence-corrected chi connectivity index (χ2v) is 8.67. The highest BCUT2D eigenvalue weighted by atomic mass is 32.2. The quantitative estimate of drug-likeness (QED) is 0.231. The summed E-state index contributed by atoms with van der Waals surface area (Å²) < 4.78 is 7.71. The van der Waals surface area contributed by atoms with Gasteiger partial charge < -0.3 is 9.52 Å². The SMILES string of the molecule is CC(=O)O.Cc1cccc(-c2nnc(SCC(=O)c3cc4ccccc4o3)n2-c2ccccc2)c1. The monoisotopic (exact) mass is 485 g/mol. The number of hydrogen-bond acceptors (Lipinski definition) is 6. The average Bonchev–Trinajstić information content (AvgIpc) is 3.47. The highest BCUT2D eigenvalue weighted by Gasteiger charge is 2.19. The van der Waals surface area contributed by atoms with Crippen LogP contribution in [-0.4, -0.2) is 37.4 Å². The van der Waals surface area contributed by atoms with E-state index in [0.29, 0.717) is 16.5 Å². The molecular weight excluding hydrogens is 462 g/mol. The third-order valence-electron chi connectivity index (χ3n) is 4.96. The van der Waals surface area contributed by atoms with Crippen molar-refractivity contribution in [3.05, 3.63) is 96.3 Å². The normalized spacial score (nSPS) is 10.6. The molecule has 5 aromatic rings. The first-order valence-corrected chi connectivity index (χ1v) is 11.8. The van der Waals surface area contributed by atoms with Crippen LogP contribution in [0.3, 0.4) is 0 Å². The molecule has 0 unspecified atom stereocenters. The Kier molecular flexibility index (Phi) is 7.42. The number of hydrogen-bond donors (Lipinski definition) is 1. The van der Waals surface area contributed by atoms with Gasteiger partial charge in [-0.1, -0.05) is 71.9 Å². The Labute approximate surface area is 206 Å². The highest BCUT2D eigenvalue weighted by molar-refractivity contribution is 7.99. The van der Waals surface area contributed by atoms with Crippen LogP contribution in [0, 0.1) is 6.92 Å². The van der Waals surface area contributed by atoms with Crippen molar-refractivity contribution in [2.75, 3.05) is 5.75 Å². The van der Waals surface area contributed by atoms with E-state index in [9.17, 15) is 4.79 Å². The van der Waals surface area contributed by atoms with Gasteiger partial charge in [0.05, 0.1) is 5.75 Å². The van der Waals surface area contributed by atoms with E-state index >= 15 is 0 Å². The number of Topliss-reactive ketones (excluding diaryl/α,β-unsaturated/α-hetero) is 1. The van der Waals surface area contributed by atoms with Crippen molar-refractivity contribution < 1.29 is 19.1 Å². The molecule has 0 amide bonds. The van der Waals surface area contributed by atoms with Crippen LogP contribution in [0.15, 0.2) is 94.5 Å². The smallest absolute Gasteiger partial charge is 0.300 e. The Balaban J connectivity index is 0.000000672. The van der Waals surface area contributed by atoms with Gasteiger partial charge in [0.2, 0.25) is 5.78 Å². The van der Waals surface area contributed by atoms with Gasteiger partial charge in [-0.05, 0) is 37.3 Å². The first-order chi connectivity index (χ1) is 16.9. The topological polar surface area (TPSA) is 98.2 Å². The molecule has 2 aromatic heterocycles. The maximum absolute atomic E-state index is 12.8. The Morgan fingerprint density at radius 2 is 1.66 bits per heavy atom. The van der Waals surface area contributed by atoms with Crippen molar-refractivity contribution in [2.45, 2.75) is 19.0 Å². The van der Waals surface area contributed by atoms with E-state index in [2.05, 4.69) is 16.3 Å². The number of aromatic nitrogens is 3.